The van der Waals surface area contributed by atoms with Gasteiger partial charge in [0.1, 0.15) is 0 Å². The Morgan fingerprint density at radius 3 is 1.38 bits per heavy atom. The third kappa shape index (κ3) is 2.77. The maximum Gasteiger partial charge on any atom is 0.0817 e. The van der Waals surface area contributed by atoms with Gasteiger partial charge in [-0.15, -0.1) is 0 Å². The van der Waals surface area contributed by atoms with Crippen molar-refractivity contribution in [1.82, 2.24) is 0 Å². The second kappa shape index (κ2) is 8.13. The number of hydrogen-bond donors (Lipinski definition) is 1. The fraction of sp³-hybridized carbons (Fsp3) is 0.0909. The van der Waals surface area contributed by atoms with Crippen LogP contribution >= 0.6 is 0 Å². The van der Waals surface area contributed by atoms with Crippen LogP contribution in [0.5, 0.6) is 0 Å². The Bertz CT molecular complexity index is 1360. The SMILES string of the molecule is NC1(c2ccccc2)c2ccccc2C(c2ccccc2)C1(c1ccccc1)c1ccccc1. The molecule has 1 aliphatic carbocycles. The molecule has 6 rings (SSSR count). The van der Waals surface area contributed by atoms with Gasteiger partial charge in [-0.3, -0.25) is 0 Å². The van der Waals surface area contributed by atoms with Crippen molar-refractivity contribution in [3.63, 3.8) is 0 Å². The molecule has 1 heteroatoms. The summed E-state index contributed by atoms with van der Waals surface area (Å²) in [6.07, 6.45) is 0. The molecule has 2 N–H and O–H groups in total. The van der Waals surface area contributed by atoms with Crippen LogP contribution in [0.15, 0.2) is 146 Å². The zero-order chi connectivity index (χ0) is 23.0. The third-order valence-electron chi connectivity index (χ3n) is 7.57. The van der Waals surface area contributed by atoms with E-state index in [9.17, 15) is 0 Å². The fourth-order valence-corrected chi connectivity index (χ4v) is 6.30. The predicted molar refractivity (Wildman–Crippen MR) is 140 cm³/mol. The van der Waals surface area contributed by atoms with E-state index in [-0.39, 0.29) is 5.92 Å². The molecular formula is C33H27N. The van der Waals surface area contributed by atoms with Crippen molar-refractivity contribution in [3.05, 3.63) is 179 Å². The van der Waals surface area contributed by atoms with E-state index in [0.29, 0.717) is 0 Å². The smallest absolute Gasteiger partial charge is 0.0817 e. The normalized spacial score (nSPS) is 20.6. The van der Waals surface area contributed by atoms with Gasteiger partial charge in [-0.25, -0.2) is 0 Å². The molecule has 0 heterocycles. The first-order valence-corrected chi connectivity index (χ1v) is 11.9. The molecule has 2 unspecified atom stereocenters. The van der Waals surface area contributed by atoms with Gasteiger partial charge < -0.3 is 5.73 Å². The lowest BCUT2D eigenvalue weighted by molar-refractivity contribution is 0.318. The van der Waals surface area contributed by atoms with Crippen molar-refractivity contribution in [2.75, 3.05) is 0 Å². The van der Waals surface area contributed by atoms with E-state index < -0.39 is 11.0 Å². The molecule has 2 atom stereocenters. The molecule has 0 spiro atoms. The van der Waals surface area contributed by atoms with Crippen molar-refractivity contribution in [2.45, 2.75) is 16.9 Å². The summed E-state index contributed by atoms with van der Waals surface area (Å²) in [5.41, 5.74) is 13.8. The lowest BCUT2D eigenvalue weighted by Gasteiger charge is -2.49. The largest absolute Gasteiger partial charge is 0.317 e. The van der Waals surface area contributed by atoms with Gasteiger partial charge in [-0.2, -0.15) is 0 Å². The first-order chi connectivity index (χ1) is 16.8. The van der Waals surface area contributed by atoms with Crippen LogP contribution in [-0.4, -0.2) is 0 Å². The minimum atomic E-state index is -0.784. The summed E-state index contributed by atoms with van der Waals surface area (Å²) in [7, 11) is 0. The molecule has 164 valence electrons. The minimum Gasteiger partial charge on any atom is -0.317 e. The van der Waals surface area contributed by atoms with Crippen LogP contribution in [-0.2, 0) is 11.0 Å². The lowest BCUT2D eigenvalue weighted by Crippen LogP contribution is -2.56. The maximum absolute atomic E-state index is 7.86. The van der Waals surface area contributed by atoms with Gasteiger partial charge in [0.25, 0.3) is 0 Å². The van der Waals surface area contributed by atoms with Crippen LogP contribution in [0, 0.1) is 0 Å². The Morgan fingerprint density at radius 1 is 0.441 bits per heavy atom. The second-order valence-electron chi connectivity index (χ2n) is 9.15. The highest BCUT2D eigenvalue weighted by atomic mass is 14.9. The van der Waals surface area contributed by atoms with E-state index in [4.69, 9.17) is 5.73 Å². The molecule has 0 saturated heterocycles. The average Bonchev–Trinajstić information content (AvgIpc) is 3.17. The molecule has 5 aromatic carbocycles. The van der Waals surface area contributed by atoms with E-state index in [1.165, 1.54) is 27.8 Å². The van der Waals surface area contributed by atoms with Gasteiger partial charge in [-0.05, 0) is 33.4 Å². The molecule has 0 bridgehead atoms. The van der Waals surface area contributed by atoms with Crippen molar-refractivity contribution in [2.24, 2.45) is 5.73 Å². The molecule has 5 aromatic rings. The topological polar surface area (TPSA) is 26.0 Å². The highest BCUT2D eigenvalue weighted by Crippen LogP contribution is 2.64. The van der Waals surface area contributed by atoms with Gasteiger partial charge in [0.2, 0.25) is 0 Å². The zero-order valence-electron chi connectivity index (χ0n) is 19.0. The molecule has 1 aliphatic rings. The molecule has 1 nitrogen and oxygen atoms in total. The van der Waals surface area contributed by atoms with Crippen molar-refractivity contribution in [3.8, 4) is 0 Å². The quantitative estimate of drug-likeness (QED) is 0.321. The van der Waals surface area contributed by atoms with Crippen molar-refractivity contribution < 1.29 is 0 Å². The predicted octanol–water partition coefficient (Wildman–Crippen LogP) is 7.02. The van der Waals surface area contributed by atoms with E-state index in [2.05, 4.69) is 146 Å². The first kappa shape index (κ1) is 20.7. The van der Waals surface area contributed by atoms with E-state index in [1.807, 2.05) is 0 Å². The molecule has 0 saturated carbocycles. The zero-order valence-corrected chi connectivity index (χ0v) is 19.0. The number of benzene rings is 5. The number of nitrogens with two attached hydrogens (primary N) is 1. The van der Waals surface area contributed by atoms with E-state index >= 15 is 0 Å². The van der Waals surface area contributed by atoms with Gasteiger partial charge in [0.05, 0.1) is 11.0 Å². The summed E-state index contributed by atoms with van der Waals surface area (Å²) >= 11 is 0. The van der Waals surface area contributed by atoms with Crippen molar-refractivity contribution in [1.29, 1.82) is 0 Å². The monoisotopic (exact) mass is 437 g/mol. The highest BCUT2D eigenvalue weighted by Gasteiger charge is 2.63. The van der Waals surface area contributed by atoms with E-state index in [0.717, 1.165) is 5.56 Å². The third-order valence-corrected chi connectivity index (χ3v) is 7.57. The molecule has 0 amide bonds. The first-order valence-electron chi connectivity index (χ1n) is 11.9. The summed E-state index contributed by atoms with van der Waals surface area (Å²) in [5.74, 6) is 0.0416. The van der Waals surface area contributed by atoms with Crippen LogP contribution in [0.2, 0.25) is 0 Å². The molecule has 0 aromatic heterocycles. The van der Waals surface area contributed by atoms with Crippen LogP contribution in [0.25, 0.3) is 0 Å². The summed E-state index contributed by atoms with van der Waals surface area (Å²) in [6.45, 7) is 0. The summed E-state index contributed by atoms with van der Waals surface area (Å²) in [5, 5.41) is 0. The fourth-order valence-electron chi connectivity index (χ4n) is 6.30. The highest BCUT2D eigenvalue weighted by molar-refractivity contribution is 5.67. The van der Waals surface area contributed by atoms with Crippen LogP contribution in [0.3, 0.4) is 0 Å². The van der Waals surface area contributed by atoms with Crippen molar-refractivity contribution >= 4 is 0 Å². The Labute approximate surface area is 201 Å². The Morgan fingerprint density at radius 2 is 0.853 bits per heavy atom. The Balaban J connectivity index is 1.83. The molecule has 0 fully saturated rings. The van der Waals surface area contributed by atoms with E-state index in [1.54, 1.807) is 0 Å². The maximum atomic E-state index is 7.86. The average molecular weight is 438 g/mol. The molecule has 34 heavy (non-hydrogen) atoms. The van der Waals surface area contributed by atoms with Crippen LogP contribution in [0.1, 0.15) is 39.3 Å². The van der Waals surface area contributed by atoms with Crippen LogP contribution < -0.4 is 5.73 Å². The number of hydrogen-bond acceptors (Lipinski definition) is 1. The number of rotatable bonds is 4. The molecular weight excluding hydrogens is 410 g/mol. The van der Waals surface area contributed by atoms with Crippen LogP contribution in [0.4, 0.5) is 0 Å². The van der Waals surface area contributed by atoms with Gasteiger partial charge in [0.15, 0.2) is 0 Å². The second-order valence-corrected chi connectivity index (χ2v) is 9.15. The standard InChI is InChI=1S/C33H27N/c34-33(28-21-11-4-12-22-28)30-24-14-13-23-29(30)31(25-15-5-1-6-16-25)32(33,26-17-7-2-8-18-26)27-19-9-3-10-20-27/h1-24,31H,34H2. The summed E-state index contributed by atoms with van der Waals surface area (Å²) in [6, 6.07) is 52.0. The molecule has 0 radical (unpaired) electrons. The Kier molecular flexibility index (Phi) is 4.94. The Hall–Kier alpha value is -3.94. The van der Waals surface area contributed by atoms with Gasteiger partial charge in [0, 0.05) is 5.92 Å². The lowest BCUT2D eigenvalue weighted by atomic mass is 9.55. The summed E-state index contributed by atoms with van der Waals surface area (Å²) in [4.78, 5) is 0. The number of fused-ring (bicyclic) bond motifs is 1. The van der Waals surface area contributed by atoms with Gasteiger partial charge in [-0.1, -0.05) is 146 Å². The summed E-state index contributed by atoms with van der Waals surface area (Å²) < 4.78 is 0. The minimum absolute atomic E-state index is 0.0416. The molecule has 0 aliphatic heterocycles. The van der Waals surface area contributed by atoms with Gasteiger partial charge >= 0.3 is 0 Å².